The summed E-state index contributed by atoms with van der Waals surface area (Å²) in [6, 6.07) is 0. The third-order valence-electron chi connectivity index (χ3n) is 5.10. The first kappa shape index (κ1) is 22.4. The number of rotatable bonds is 11. The zero-order valence-corrected chi connectivity index (χ0v) is 15.9. The van der Waals surface area contributed by atoms with Crippen LogP contribution in [0.3, 0.4) is 0 Å². The molecule has 1 rings (SSSR count). The second-order valence-electron chi connectivity index (χ2n) is 7.25. The van der Waals surface area contributed by atoms with Crippen molar-refractivity contribution in [3.05, 3.63) is 12.2 Å². The molecule has 0 amide bonds. The van der Waals surface area contributed by atoms with Gasteiger partial charge in [-0.15, -0.1) is 11.8 Å². The molecule has 5 nitrogen and oxygen atoms in total. The van der Waals surface area contributed by atoms with E-state index in [1.807, 2.05) is 6.92 Å². The highest BCUT2D eigenvalue weighted by atomic mass is 16.4. The summed E-state index contributed by atoms with van der Waals surface area (Å²) in [5.41, 5.74) is 0. The molecule has 26 heavy (non-hydrogen) atoms. The van der Waals surface area contributed by atoms with Crippen molar-refractivity contribution in [1.82, 2.24) is 0 Å². The van der Waals surface area contributed by atoms with E-state index in [1.165, 1.54) is 0 Å². The SMILES string of the molecule is CC#CCC(C)[C@H](O)C=C[C@H]1[C@H](O)CC(=O)[C@@H]1CCCCCCC(=O)O. The largest absolute Gasteiger partial charge is 0.481 e. The molecule has 1 saturated carbocycles. The van der Waals surface area contributed by atoms with Crippen LogP contribution in [0.25, 0.3) is 0 Å². The molecule has 1 aliphatic rings. The molecule has 5 atom stereocenters. The number of carbonyl (C=O) groups is 2. The van der Waals surface area contributed by atoms with Crippen LogP contribution >= 0.6 is 0 Å². The highest BCUT2D eigenvalue weighted by Crippen LogP contribution is 2.34. The summed E-state index contributed by atoms with van der Waals surface area (Å²) >= 11 is 0. The minimum Gasteiger partial charge on any atom is -0.481 e. The maximum absolute atomic E-state index is 12.2. The summed E-state index contributed by atoms with van der Waals surface area (Å²) in [6.07, 6.45) is 7.05. The van der Waals surface area contributed by atoms with Gasteiger partial charge in [0.15, 0.2) is 0 Å². The van der Waals surface area contributed by atoms with Crippen LogP contribution in [0.2, 0.25) is 0 Å². The van der Waals surface area contributed by atoms with Gasteiger partial charge >= 0.3 is 5.97 Å². The number of hydrogen-bond donors (Lipinski definition) is 3. The average molecular weight is 364 g/mol. The van der Waals surface area contributed by atoms with Crippen molar-refractivity contribution < 1.29 is 24.9 Å². The highest BCUT2D eigenvalue weighted by molar-refractivity contribution is 5.84. The Balaban J connectivity index is 2.50. The summed E-state index contributed by atoms with van der Waals surface area (Å²) < 4.78 is 0. The van der Waals surface area contributed by atoms with E-state index in [4.69, 9.17) is 5.11 Å². The molecule has 0 bridgehead atoms. The molecule has 0 heterocycles. The Morgan fingerprint density at radius 3 is 2.65 bits per heavy atom. The van der Waals surface area contributed by atoms with Crippen LogP contribution in [-0.2, 0) is 9.59 Å². The Labute approximate surface area is 156 Å². The lowest BCUT2D eigenvalue weighted by Gasteiger charge is -2.19. The molecule has 1 aliphatic carbocycles. The molecule has 5 heteroatoms. The van der Waals surface area contributed by atoms with Gasteiger partial charge in [0.2, 0.25) is 0 Å². The summed E-state index contributed by atoms with van der Waals surface area (Å²) in [7, 11) is 0. The van der Waals surface area contributed by atoms with Crippen LogP contribution in [0.4, 0.5) is 0 Å². The fraction of sp³-hybridized carbons (Fsp3) is 0.714. The molecule has 0 saturated heterocycles. The lowest BCUT2D eigenvalue weighted by atomic mass is 9.88. The molecule has 0 aromatic carbocycles. The number of carbonyl (C=O) groups excluding carboxylic acids is 1. The minimum absolute atomic E-state index is 0.000586. The minimum atomic E-state index is -0.776. The first-order valence-electron chi connectivity index (χ1n) is 9.55. The number of Topliss-reactive ketones (excluding diaryl/α,β-unsaturated/α-hetero) is 1. The first-order chi connectivity index (χ1) is 12.4. The zero-order chi connectivity index (χ0) is 19.5. The summed E-state index contributed by atoms with van der Waals surface area (Å²) in [4.78, 5) is 22.7. The van der Waals surface area contributed by atoms with E-state index in [-0.39, 0.29) is 36.4 Å². The van der Waals surface area contributed by atoms with Crippen LogP contribution in [0.5, 0.6) is 0 Å². The van der Waals surface area contributed by atoms with Crippen LogP contribution < -0.4 is 0 Å². The van der Waals surface area contributed by atoms with Crippen molar-refractivity contribution in [3.63, 3.8) is 0 Å². The van der Waals surface area contributed by atoms with E-state index in [0.717, 1.165) is 19.3 Å². The predicted molar refractivity (Wildman–Crippen MR) is 100 cm³/mol. The molecule has 146 valence electrons. The number of hydrogen-bond acceptors (Lipinski definition) is 4. The Hall–Kier alpha value is -1.64. The van der Waals surface area contributed by atoms with Crippen molar-refractivity contribution in [1.29, 1.82) is 0 Å². The fourth-order valence-corrected chi connectivity index (χ4v) is 3.40. The summed E-state index contributed by atoms with van der Waals surface area (Å²) in [6.45, 7) is 3.69. The molecule has 0 aromatic rings. The van der Waals surface area contributed by atoms with Gasteiger partial charge in [-0.2, -0.15) is 0 Å². The highest BCUT2D eigenvalue weighted by Gasteiger charge is 2.39. The Bertz CT molecular complexity index is 542. The summed E-state index contributed by atoms with van der Waals surface area (Å²) in [5.74, 6) is 4.61. The van der Waals surface area contributed by atoms with E-state index >= 15 is 0 Å². The second-order valence-corrected chi connectivity index (χ2v) is 7.25. The number of aliphatic carboxylic acids is 1. The quantitative estimate of drug-likeness (QED) is 0.298. The van der Waals surface area contributed by atoms with Gasteiger partial charge < -0.3 is 15.3 Å². The van der Waals surface area contributed by atoms with E-state index in [9.17, 15) is 19.8 Å². The monoisotopic (exact) mass is 364 g/mol. The van der Waals surface area contributed by atoms with Crippen LogP contribution in [0.1, 0.15) is 65.2 Å². The Morgan fingerprint density at radius 2 is 2.00 bits per heavy atom. The molecule has 0 aromatic heterocycles. The van der Waals surface area contributed by atoms with Gasteiger partial charge in [-0.1, -0.05) is 38.3 Å². The lowest BCUT2D eigenvalue weighted by molar-refractivity contribution is -0.137. The van der Waals surface area contributed by atoms with Crippen LogP contribution in [0, 0.1) is 29.6 Å². The normalized spacial score (nSPS) is 25.1. The molecule has 3 N–H and O–H groups in total. The first-order valence-corrected chi connectivity index (χ1v) is 9.55. The van der Waals surface area contributed by atoms with E-state index < -0.39 is 18.2 Å². The number of unbranched alkanes of at least 4 members (excludes halogenated alkanes) is 3. The standard InChI is InChI=1S/C21H32O5/c1-3-4-9-15(2)18(22)13-12-17-16(19(23)14-20(17)24)10-7-5-6-8-11-21(25)26/h12-13,15-18,20,22,24H,5-11,14H2,1-2H3,(H,25,26)/t15?,16-,17-,18-,20-/m1/s1. The van der Waals surface area contributed by atoms with Crippen molar-refractivity contribution >= 4 is 11.8 Å². The third kappa shape index (κ3) is 7.72. The average Bonchev–Trinajstić information content (AvgIpc) is 2.86. The molecule has 1 unspecified atom stereocenters. The molecule has 0 radical (unpaired) electrons. The third-order valence-corrected chi connectivity index (χ3v) is 5.10. The number of aliphatic hydroxyl groups is 2. The van der Waals surface area contributed by atoms with Crippen molar-refractivity contribution in [2.45, 2.75) is 77.4 Å². The lowest BCUT2D eigenvalue weighted by Crippen LogP contribution is -2.20. The van der Waals surface area contributed by atoms with Gasteiger partial charge in [0.1, 0.15) is 5.78 Å². The smallest absolute Gasteiger partial charge is 0.303 e. The van der Waals surface area contributed by atoms with Gasteiger partial charge in [0.05, 0.1) is 12.2 Å². The van der Waals surface area contributed by atoms with E-state index in [2.05, 4.69) is 11.8 Å². The number of carboxylic acids is 1. The molecule has 0 aliphatic heterocycles. The Morgan fingerprint density at radius 1 is 1.31 bits per heavy atom. The van der Waals surface area contributed by atoms with Crippen molar-refractivity contribution in [2.75, 3.05) is 0 Å². The van der Waals surface area contributed by atoms with Gasteiger partial charge in [-0.25, -0.2) is 0 Å². The topological polar surface area (TPSA) is 94.8 Å². The van der Waals surface area contributed by atoms with Gasteiger partial charge in [0, 0.05) is 31.1 Å². The molecular formula is C21H32O5. The predicted octanol–water partition coefficient (Wildman–Crippen LogP) is 2.94. The number of aliphatic hydroxyl groups excluding tert-OH is 2. The maximum Gasteiger partial charge on any atom is 0.303 e. The molecule has 1 fully saturated rings. The summed E-state index contributed by atoms with van der Waals surface area (Å²) in [5, 5.41) is 29.0. The van der Waals surface area contributed by atoms with Crippen LogP contribution in [-0.4, -0.2) is 39.3 Å². The van der Waals surface area contributed by atoms with Crippen LogP contribution in [0.15, 0.2) is 12.2 Å². The van der Waals surface area contributed by atoms with Crippen molar-refractivity contribution in [3.8, 4) is 11.8 Å². The second kappa shape index (κ2) is 11.9. The Kier molecular flexibility index (Phi) is 10.2. The molecular weight excluding hydrogens is 332 g/mol. The number of carboxylic acid groups (broad SMARTS) is 1. The van der Waals surface area contributed by atoms with Gasteiger partial charge in [-0.3, -0.25) is 9.59 Å². The van der Waals surface area contributed by atoms with Crippen molar-refractivity contribution in [2.24, 2.45) is 17.8 Å². The van der Waals surface area contributed by atoms with E-state index in [0.29, 0.717) is 19.3 Å². The zero-order valence-electron chi connectivity index (χ0n) is 15.9. The van der Waals surface area contributed by atoms with Gasteiger partial charge in [0.25, 0.3) is 0 Å². The fourth-order valence-electron chi connectivity index (χ4n) is 3.40. The van der Waals surface area contributed by atoms with Gasteiger partial charge in [-0.05, 0) is 25.7 Å². The number of ketones is 1. The molecule has 0 spiro atoms. The van der Waals surface area contributed by atoms with E-state index in [1.54, 1.807) is 19.1 Å². The maximum atomic E-state index is 12.2.